The van der Waals surface area contributed by atoms with E-state index >= 15 is 0 Å². The van der Waals surface area contributed by atoms with E-state index in [4.69, 9.17) is 9.47 Å². The van der Waals surface area contributed by atoms with Crippen LogP contribution in [0.25, 0.3) is 0 Å². The molecule has 0 saturated heterocycles. The van der Waals surface area contributed by atoms with Crippen LogP contribution < -0.4 is 14.8 Å². The first kappa shape index (κ1) is 15.2. The number of methoxy groups -OCH3 is 1. The van der Waals surface area contributed by atoms with Gasteiger partial charge >= 0.3 is 0 Å². The van der Waals surface area contributed by atoms with Gasteiger partial charge in [-0.1, -0.05) is 24.3 Å². The van der Waals surface area contributed by atoms with E-state index in [9.17, 15) is 0 Å². The number of hydrogen-bond acceptors (Lipinski definition) is 3. The molecule has 0 bridgehead atoms. The highest BCUT2D eigenvalue weighted by molar-refractivity contribution is 5.56. The summed E-state index contributed by atoms with van der Waals surface area (Å²) in [4.78, 5) is 0. The fourth-order valence-electron chi connectivity index (χ4n) is 2.02. The van der Waals surface area contributed by atoms with E-state index in [-0.39, 0.29) is 5.60 Å². The lowest BCUT2D eigenvalue weighted by Crippen LogP contribution is -2.22. The van der Waals surface area contributed by atoms with Gasteiger partial charge in [0.25, 0.3) is 0 Å². The van der Waals surface area contributed by atoms with Crippen molar-refractivity contribution in [1.29, 1.82) is 0 Å². The van der Waals surface area contributed by atoms with Crippen molar-refractivity contribution in [2.24, 2.45) is 0 Å². The second kappa shape index (κ2) is 6.53. The lowest BCUT2D eigenvalue weighted by Gasteiger charge is -2.21. The molecule has 0 atom stereocenters. The Morgan fingerprint density at radius 3 is 2.24 bits per heavy atom. The molecule has 2 aromatic carbocycles. The lowest BCUT2D eigenvalue weighted by atomic mass is 10.1. The van der Waals surface area contributed by atoms with E-state index in [1.54, 1.807) is 7.11 Å². The molecule has 0 fully saturated rings. The van der Waals surface area contributed by atoms with Crippen molar-refractivity contribution < 1.29 is 9.47 Å². The lowest BCUT2D eigenvalue weighted by molar-refractivity contribution is 0.131. The third-order valence-electron chi connectivity index (χ3n) is 2.94. The van der Waals surface area contributed by atoms with Crippen LogP contribution in [0.2, 0.25) is 0 Å². The van der Waals surface area contributed by atoms with E-state index in [1.165, 1.54) is 5.56 Å². The van der Waals surface area contributed by atoms with Crippen LogP contribution in [0.1, 0.15) is 26.3 Å². The Labute approximate surface area is 126 Å². The molecule has 1 N–H and O–H groups in total. The summed E-state index contributed by atoms with van der Waals surface area (Å²) >= 11 is 0. The first-order valence-corrected chi connectivity index (χ1v) is 7.13. The quantitative estimate of drug-likeness (QED) is 0.878. The van der Waals surface area contributed by atoms with Gasteiger partial charge in [-0.25, -0.2) is 0 Å². The average Bonchev–Trinajstić information content (AvgIpc) is 2.45. The maximum Gasteiger partial charge on any atom is 0.141 e. The van der Waals surface area contributed by atoms with Gasteiger partial charge in [0.05, 0.1) is 12.8 Å². The molecule has 0 aliphatic rings. The predicted octanol–water partition coefficient (Wildman–Crippen LogP) is 4.48. The maximum atomic E-state index is 5.82. The standard InChI is InChI=1S/C18H23NO2/c1-18(2,3)21-15-11-9-14(10-12-15)13-19-16-7-5-6-8-17(16)20-4/h5-12,19H,13H2,1-4H3. The van der Waals surface area contributed by atoms with Crippen LogP contribution in [-0.2, 0) is 6.54 Å². The number of anilines is 1. The van der Waals surface area contributed by atoms with Crippen LogP contribution >= 0.6 is 0 Å². The SMILES string of the molecule is COc1ccccc1NCc1ccc(OC(C)(C)C)cc1. The van der Waals surface area contributed by atoms with Gasteiger partial charge in [-0.05, 0) is 50.6 Å². The molecule has 0 aromatic heterocycles. The van der Waals surface area contributed by atoms with Crippen LogP contribution in [0.4, 0.5) is 5.69 Å². The third-order valence-corrected chi connectivity index (χ3v) is 2.94. The Kier molecular flexibility index (Phi) is 4.73. The normalized spacial score (nSPS) is 11.0. The Morgan fingerprint density at radius 2 is 1.62 bits per heavy atom. The summed E-state index contributed by atoms with van der Waals surface area (Å²) in [6, 6.07) is 16.1. The Balaban J connectivity index is 1.98. The van der Waals surface area contributed by atoms with Crippen molar-refractivity contribution >= 4 is 5.69 Å². The Bertz CT molecular complexity index is 571. The maximum absolute atomic E-state index is 5.82. The molecule has 0 unspecified atom stereocenters. The van der Waals surface area contributed by atoms with Crippen molar-refractivity contribution in [2.75, 3.05) is 12.4 Å². The summed E-state index contributed by atoms with van der Waals surface area (Å²) in [6.45, 7) is 6.88. The molecular weight excluding hydrogens is 262 g/mol. The highest BCUT2D eigenvalue weighted by Gasteiger charge is 2.11. The van der Waals surface area contributed by atoms with Gasteiger partial charge in [0, 0.05) is 6.54 Å². The smallest absolute Gasteiger partial charge is 0.141 e. The number of nitrogens with one attached hydrogen (secondary N) is 1. The molecule has 0 spiro atoms. The molecule has 0 radical (unpaired) electrons. The van der Waals surface area contributed by atoms with Crippen LogP contribution in [-0.4, -0.2) is 12.7 Å². The Morgan fingerprint density at radius 1 is 0.952 bits per heavy atom. The largest absolute Gasteiger partial charge is 0.495 e. The number of para-hydroxylation sites is 2. The molecular formula is C18H23NO2. The van der Waals surface area contributed by atoms with Crippen LogP contribution in [0.15, 0.2) is 48.5 Å². The van der Waals surface area contributed by atoms with Gasteiger partial charge in [-0.15, -0.1) is 0 Å². The zero-order valence-corrected chi connectivity index (χ0v) is 13.1. The third kappa shape index (κ3) is 4.71. The average molecular weight is 285 g/mol. The minimum atomic E-state index is -0.169. The second-order valence-electron chi connectivity index (χ2n) is 5.91. The summed E-state index contributed by atoms with van der Waals surface area (Å²) in [5, 5.41) is 3.38. The van der Waals surface area contributed by atoms with Gasteiger partial charge in [0.1, 0.15) is 17.1 Å². The van der Waals surface area contributed by atoms with E-state index in [0.717, 1.165) is 23.7 Å². The first-order valence-electron chi connectivity index (χ1n) is 7.13. The van der Waals surface area contributed by atoms with Gasteiger partial charge in [-0.3, -0.25) is 0 Å². The fourth-order valence-corrected chi connectivity index (χ4v) is 2.02. The van der Waals surface area contributed by atoms with Crippen molar-refractivity contribution in [3.05, 3.63) is 54.1 Å². The Hall–Kier alpha value is -2.16. The number of rotatable bonds is 5. The van der Waals surface area contributed by atoms with Gasteiger partial charge in [0.15, 0.2) is 0 Å². The zero-order valence-electron chi connectivity index (χ0n) is 13.1. The van der Waals surface area contributed by atoms with Crippen molar-refractivity contribution in [3.63, 3.8) is 0 Å². The number of benzene rings is 2. The minimum absolute atomic E-state index is 0.169. The number of ether oxygens (including phenoxy) is 2. The monoisotopic (exact) mass is 285 g/mol. The summed E-state index contributed by atoms with van der Waals surface area (Å²) in [5.41, 5.74) is 2.02. The van der Waals surface area contributed by atoms with E-state index in [1.807, 2.05) is 57.2 Å². The predicted molar refractivity (Wildman–Crippen MR) is 87.1 cm³/mol. The molecule has 112 valence electrons. The molecule has 21 heavy (non-hydrogen) atoms. The molecule has 0 saturated carbocycles. The van der Waals surface area contributed by atoms with E-state index in [2.05, 4.69) is 17.4 Å². The molecule has 2 aromatic rings. The summed E-state index contributed by atoms with van der Waals surface area (Å²) in [5.74, 6) is 1.74. The number of hydrogen-bond donors (Lipinski definition) is 1. The molecule has 0 aliphatic carbocycles. The van der Waals surface area contributed by atoms with Crippen molar-refractivity contribution in [3.8, 4) is 11.5 Å². The van der Waals surface area contributed by atoms with Crippen molar-refractivity contribution in [2.45, 2.75) is 32.9 Å². The molecule has 0 aliphatic heterocycles. The fraction of sp³-hybridized carbons (Fsp3) is 0.333. The van der Waals surface area contributed by atoms with Crippen LogP contribution in [0, 0.1) is 0 Å². The summed E-state index contributed by atoms with van der Waals surface area (Å²) < 4.78 is 11.1. The second-order valence-corrected chi connectivity index (χ2v) is 5.91. The summed E-state index contributed by atoms with van der Waals surface area (Å²) in [6.07, 6.45) is 0. The van der Waals surface area contributed by atoms with Gasteiger partial charge in [0.2, 0.25) is 0 Å². The van der Waals surface area contributed by atoms with E-state index < -0.39 is 0 Å². The van der Waals surface area contributed by atoms with Gasteiger partial charge < -0.3 is 14.8 Å². The highest BCUT2D eigenvalue weighted by atomic mass is 16.5. The first-order chi connectivity index (χ1) is 9.98. The van der Waals surface area contributed by atoms with E-state index in [0.29, 0.717) is 0 Å². The molecule has 0 heterocycles. The molecule has 3 heteroatoms. The summed E-state index contributed by atoms with van der Waals surface area (Å²) in [7, 11) is 1.68. The minimum Gasteiger partial charge on any atom is -0.495 e. The van der Waals surface area contributed by atoms with Crippen molar-refractivity contribution in [1.82, 2.24) is 0 Å². The van der Waals surface area contributed by atoms with Crippen LogP contribution in [0.3, 0.4) is 0 Å². The van der Waals surface area contributed by atoms with Gasteiger partial charge in [-0.2, -0.15) is 0 Å². The molecule has 0 amide bonds. The molecule has 2 rings (SSSR count). The zero-order chi connectivity index (χ0) is 15.3. The topological polar surface area (TPSA) is 30.5 Å². The van der Waals surface area contributed by atoms with Crippen LogP contribution in [0.5, 0.6) is 11.5 Å². The molecule has 3 nitrogen and oxygen atoms in total. The highest BCUT2D eigenvalue weighted by Crippen LogP contribution is 2.24.